The first kappa shape index (κ1) is 15.9. The van der Waals surface area contributed by atoms with E-state index in [2.05, 4.69) is 10.3 Å². The quantitative estimate of drug-likeness (QED) is 0.800. The zero-order valence-electron chi connectivity index (χ0n) is 10.9. The molecule has 2 rings (SSSR count). The van der Waals surface area contributed by atoms with Crippen molar-refractivity contribution in [1.82, 2.24) is 4.98 Å². The topological polar surface area (TPSA) is 24.9 Å². The van der Waals surface area contributed by atoms with Crippen molar-refractivity contribution < 1.29 is 13.2 Å². The zero-order chi connectivity index (χ0) is 15.6. The standard InChI is InChI=1S/C14H11Cl2F3N2/c1-2-20-13-11(16)7-10(15)12(21-13)8-3-5-9(6-4-8)14(17,18)19/h3-7H,2H2,1H3,(H,20,21). The molecule has 1 aromatic carbocycles. The summed E-state index contributed by atoms with van der Waals surface area (Å²) in [5.74, 6) is 0.443. The predicted molar refractivity (Wildman–Crippen MR) is 78.9 cm³/mol. The van der Waals surface area contributed by atoms with Crippen molar-refractivity contribution in [1.29, 1.82) is 0 Å². The minimum Gasteiger partial charge on any atom is -0.369 e. The number of hydrogen-bond donors (Lipinski definition) is 1. The Morgan fingerprint density at radius 1 is 1.10 bits per heavy atom. The molecule has 1 aromatic heterocycles. The minimum atomic E-state index is -4.37. The van der Waals surface area contributed by atoms with Gasteiger partial charge < -0.3 is 5.32 Å². The molecule has 0 unspecified atom stereocenters. The normalized spacial score (nSPS) is 11.5. The Balaban J connectivity index is 2.44. The third kappa shape index (κ3) is 3.60. The van der Waals surface area contributed by atoms with Crippen LogP contribution in [-0.4, -0.2) is 11.5 Å². The minimum absolute atomic E-state index is 0.279. The molecule has 0 bridgehead atoms. The fraction of sp³-hybridized carbons (Fsp3) is 0.214. The molecular formula is C14H11Cl2F3N2. The van der Waals surface area contributed by atoms with E-state index in [1.165, 1.54) is 18.2 Å². The monoisotopic (exact) mass is 334 g/mol. The third-order valence-electron chi connectivity index (χ3n) is 2.76. The predicted octanol–water partition coefficient (Wildman–Crippen LogP) is 5.51. The number of nitrogens with zero attached hydrogens (tertiary/aromatic N) is 1. The first-order chi connectivity index (χ1) is 9.82. The fourth-order valence-corrected chi connectivity index (χ4v) is 2.31. The second-order valence-electron chi connectivity index (χ2n) is 4.25. The molecule has 2 aromatic rings. The van der Waals surface area contributed by atoms with E-state index in [0.29, 0.717) is 28.6 Å². The van der Waals surface area contributed by atoms with E-state index in [1.807, 2.05) is 6.92 Å². The Labute approximate surface area is 129 Å². The lowest BCUT2D eigenvalue weighted by atomic mass is 10.1. The van der Waals surface area contributed by atoms with Crippen LogP contribution in [0, 0.1) is 0 Å². The summed E-state index contributed by atoms with van der Waals surface area (Å²) in [6, 6.07) is 6.17. The summed E-state index contributed by atoms with van der Waals surface area (Å²) in [4.78, 5) is 4.27. The van der Waals surface area contributed by atoms with Crippen LogP contribution in [0.2, 0.25) is 10.0 Å². The Hall–Kier alpha value is -1.46. The summed E-state index contributed by atoms with van der Waals surface area (Å²) >= 11 is 12.1. The van der Waals surface area contributed by atoms with E-state index in [0.717, 1.165) is 12.1 Å². The molecule has 1 heterocycles. The van der Waals surface area contributed by atoms with E-state index >= 15 is 0 Å². The highest BCUT2D eigenvalue weighted by molar-refractivity contribution is 6.37. The van der Waals surface area contributed by atoms with Crippen LogP contribution in [0.5, 0.6) is 0 Å². The second-order valence-corrected chi connectivity index (χ2v) is 5.07. The number of benzene rings is 1. The molecule has 0 saturated carbocycles. The molecule has 0 aliphatic heterocycles. The molecule has 0 fully saturated rings. The van der Waals surface area contributed by atoms with Crippen molar-refractivity contribution in [3.05, 3.63) is 45.9 Å². The lowest BCUT2D eigenvalue weighted by Gasteiger charge is -2.11. The molecule has 0 saturated heterocycles. The summed E-state index contributed by atoms with van der Waals surface area (Å²) in [6.07, 6.45) is -4.37. The van der Waals surface area contributed by atoms with E-state index in [9.17, 15) is 13.2 Å². The molecule has 2 nitrogen and oxygen atoms in total. The van der Waals surface area contributed by atoms with E-state index < -0.39 is 11.7 Å². The van der Waals surface area contributed by atoms with Gasteiger partial charge in [-0.05, 0) is 25.1 Å². The smallest absolute Gasteiger partial charge is 0.369 e. The van der Waals surface area contributed by atoms with Gasteiger partial charge in [0.25, 0.3) is 0 Å². The number of aromatic nitrogens is 1. The average Bonchev–Trinajstić information content (AvgIpc) is 2.41. The molecule has 0 amide bonds. The van der Waals surface area contributed by atoms with Gasteiger partial charge in [0, 0.05) is 12.1 Å². The molecule has 0 atom stereocenters. The van der Waals surface area contributed by atoms with E-state index in [1.54, 1.807) is 0 Å². The largest absolute Gasteiger partial charge is 0.416 e. The van der Waals surface area contributed by atoms with Crippen LogP contribution in [0.1, 0.15) is 12.5 Å². The third-order valence-corrected chi connectivity index (χ3v) is 3.34. The SMILES string of the molecule is CCNc1nc(-c2ccc(C(F)(F)F)cc2)c(Cl)cc1Cl. The molecule has 1 N–H and O–H groups in total. The van der Waals surface area contributed by atoms with Crippen molar-refractivity contribution in [3.63, 3.8) is 0 Å². The molecule has 7 heteroatoms. The Kier molecular flexibility index (Phi) is 4.64. The van der Waals surface area contributed by atoms with Gasteiger partial charge in [0.1, 0.15) is 5.82 Å². The van der Waals surface area contributed by atoms with Crippen molar-refractivity contribution in [2.45, 2.75) is 13.1 Å². The Morgan fingerprint density at radius 2 is 1.71 bits per heavy atom. The molecule has 0 aliphatic carbocycles. The van der Waals surface area contributed by atoms with Gasteiger partial charge in [-0.2, -0.15) is 13.2 Å². The highest BCUT2D eigenvalue weighted by Crippen LogP contribution is 2.34. The maximum Gasteiger partial charge on any atom is 0.416 e. The van der Waals surface area contributed by atoms with Crippen LogP contribution in [0.4, 0.5) is 19.0 Å². The van der Waals surface area contributed by atoms with Crippen molar-refractivity contribution in [3.8, 4) is 11.3 Å². The van der Waals surface area contributed by atoms with Gasteiger partial charge in [-0.25, -0.2) is 4.98 Å². The van der Waals surface area contributed by atoms with Gasteiger partial charge in [-0.1, -0.05) is 35.3 Å². The Morgan fingerprint density at radius 3 is 2.24 bits per heavy atom. The summed E-state index contributed by atoms with van der Waals surface area (Å²) in [5.41, 5.74) is 0.151. The lowest BCUT2D eigenvalue weighted by molar-refractivity contribution is -0.137. The van der Waals surface area contributed by atoms with Crippen LogP contribution in [0.15, 0.2) is 30.3 Å². The number of alkyl halides is 3. The van der Waals surface area contributed by atoms with Gasteiger partial charge in [0.15, 0.2) is 0 Å². The molecule has 0 radical (unpaired) electrons. The highest BCUT2D eigenvalue weighted by atomic mass is 35.5. The van der Waals surface area contributed by atoms with Crippen molar-refractivity contribution >= 4 is 29.0 Å². The molecule has 21 heavy (non-hydrogen) atoms. The summed E-state index contributed by atoms with van der Waals surface area (Å²) in [5, 5.41) is 3.61. The summed E-state index contributed by atoms with van der Waals surface area (Å²) in [7, 11) is 0. The van der Waals surface area contributed by atoms with Crippen molar-refractivity contribution in [2.24, 2.45) is 0 Å². The van der Waals surface area contributed by atoms with E-state index in [-0.39, 0.29) is 5.02 Å². The van der Waals surface area contributed by atoms with Crippen LogP contribution in [-0.2, 0) is 6.18 Å². The van der Waals surface area contributed by atoms with E-state index in [4.69, 9.17) is 23.2 Å². The van der Waals surface area contributed by atoms with Crippen LogP contribution < -0.4 is 5.32 Å². The lowest BCUT2D eigenvalue weighted by Crippen LogP contribution is -2.04. The molecule has 112 valence electrons. The van der Waals surface area contributed by atoms with Gasteiger partial charge in [0.2, 0.25) is 0 Å². The molecular weight excluding hydrogens is 324 g/mol. The van der Waals surface area contributed by atoms with Crippen LogP contribution in [0.3, 0.4) is 0 Å². The number of rotatable bonds is 3. The molecule has 0 spiro atoms. The van der Waals surface area contributed by atoms with Gasteiger partial charge in [0.05, 0.1) is 21.3 Å². The fourth-order valence-electron chi connectivity index (χ4n) is 1.78. The van der Waals surface area contributed by atoms with Gasteiger partial charge in [-0.15, -0.1) is 0 Å². The first-order valence-corrected chi connectivity index (χ1v) is 6.86. The number of anilines is 1. The van der Waals surface area contributed by atoms with Crippen molar-refractivity contribution in [2.75, 3.05) is 11.9 Å². The van der Waals surface area contributed by atoms with Gasteiger partial charge >= 0.3 is 6.18 Å². The van der Waals surface area contributed by atoms with Crippen LogP contribution in [0.25, 0.3) is 11.3 Å². The summed E-state index contributed by atoms with van der Waals surface area (Å²) in [6.45, 7) is 2.49. The number of halogens is 5. The maximum atomic E-state index is 12.5. The number of nitrogens with one attached hydrogen (secondary N) is 1. The average molecular weight is 335 g/mol. The number of pyridine rings is 1. The maximum absolute atomic E-state index is 12.5. The second kappa shape index (κ2) is 6.12. The highest BCUT2D eigenvalue weighted by Gasteiger charge is 2.30. The van der Waals surface area contributed by atoms with Crippen LogP contribution >= 0.6 is 23.2 Å². The summed E-state index contributed by atoms with van der Waals surface area (Å²) < 4.78 is 37.6. The molecule has 0 aliphatic rings. The zero-order valence-corrected chi connectivity index (χ0v) is 12.4. The number of hydrogen-bond acceptors (Lipinski definition) is 2. The van der Waals surface area contributed by atoms with Gasteiger partial charge in [-0.3, -0.25) is 0 Å². The Bertz CT molecular complexity index is 640. The first-order valence-electron chi connectivity index (χ1n) is 6.10.